The molecule has 5 nitrogen and oxygen atoms in total. The largest absolute Gasteiger partial charge is 0.401 e. The molecule has 2 heterocycles. The van der Waals surface area contributed by atoms with Gasteiger partial charge in [0.25, 0.3) is 0 Å². The van der Waals surface area contributed by atoms with Crippen LogP contribution in [0.3, 0.4) is 0 Å². The van der Waals surface area contributed by atoms with Crippen LogP contribution in [-0.2, 0) is 13.6 Å². The SMILES string of the molecule is CN=C(NCc1cc(Cl)c(Cl)n1C)NC1CCN(CC(F)(F)F)C1.I. The Balaban J connectivity index is 0.00000312. The highest BCUT2D eigenvalue weighted by Gasteiger charge is 2.34. The van der Waals surface area contributed by atoms with Crippen LogP contribution in [0.2, 0.25) is 10.2 Å². The van der Waals surface area contributed by atoms with Gasteiger partial charge in [0.1, 0.15) is 5.15 Å². The minimum atomic E-state index is -4.17. The summed E-state index contributed by atoms with van der Waals surface area (Å²) in [6, 6.07) is 1.68. The third-order valence-electron chi connectivity index (χ3n) is 3.89. The molecule has 0 amide bonds. The van der Waals surface area contributed by atoms with E-state index in [4.69, 9.17) is 23.2 Å². The average Bonchev–Trinajstić information content (AvgIpc) is 3.01. The van der Waals surface area contributed by atoms with Crippen molar-refractivity contribution in [1.82, 2.24) is 20.1 Å². The predicted molar refractivity (Wildman–Crippen MR) is 105 cm³/mol. The first-order chi connectivity index (χ1) is 11.2. The van der Waals surface area contributed by atoms with E-state index >= 15 is 0 Å². The number of alkyl halides is 3. The molecule has 25 heavy (non-hydrogen) atoms. The van der Waals surface area contributed by atoms with E-state index < -0.39 is 12.7 Å². The second kappa shape index (κ2) is 9.52. The molecule has 1 atom stereocenters. The molecule has 1 aliphatic rings. The van der Waals surface area contributed by atoms with Crippen molar-refractivity contribution in [2.24, 2.45) is 12.0 Å². The van der Waals surface area contributed by atoms with Gasteiger partial charge in [-0.2, -0.15) is 13.2 Å². The molecule has 2 N–H and O–H groups in total. The molecule has 0 saturated carbocycles. The van der Waals surface area contributed by atoms with Crippen molar-refractivity contribution in [2.45, 2.75) is 25.2 Å². The van der Waals surface area contributed by atoms with E-state index in [1.807, 2.05) is 0 Å². The summed E-state index contributed by atoms with van der Waals surface area (Å²) < 4.78 is 39.0. The molecule has 0 radical (unpaired) electrons. The zero-order valence-corrected chi connectivity index (χ0v) is 17.7. The van der Waals surface area contributed by atoms with Crippen molar-refractivity contribution < 1.29 is 13.2 Å². The van der Waals surface area contributed by atoms with Crippen LogP contribution in [0.15, 0.2) is 11.1 Å². The van der Waals surface area contributed by atoms with Crippen molar-refractivity contribution in [3.8, 4) is 0 Å². The van der Waals surface area contributed by atoms with Gasteiger partial charge in [-0.3, -0.25) is 9.89 Å². The van der Waals surface area contributed by atoms with Gasteiger partial charge in [-0.05, 0) is 12.5 Å². The molecule has 0 aliphatic carbocycles. The zero-order valence-electron chi connectivity index (χ0n) is 13.8. The van der Waals surface area contributed by atoms with Crippen LogP contribution in [0.5, 0.6) is 0 Å². The Bertz CT molecular complexity index is 606. The quantitative estimate of drug-likeness (QED) is 0.369. The smallest absolute Gasteiger partial charge is 0.352 e. The minimum absolute atomic E-state index is 0. The third kappa shape index (κ3) is 6.69. The normalized spacial score (nSPS) is 19.0. The number of halogens is 6. The Morgan fingerprint density at radius 3 is 2.60 bits per heavy atom. The maximum absolute atomic E-state index is 12.4. The fraction of sp³-hybridized carbons (Fsp3) is 0.643. The third-order valence-corrected chi connectivity index (χ3v) is 4.73. The van der Waals surface area contributed by atoms with E-state index in [1.54, 1.807) is 24.7 Å². The van der Waals surface area contributed by atoms with Gasteiger partial charge in [-0.25, -0.2) is 0 Å². The van der Waals surface area contributed by atoms with E-state index in [2.05, 4.69) is 15.6 Å². The molecular formula is C14H21Cl2F3IN5. The Morgan fingerprint density at radius 2 is 2.08 bits per heavy atom. The summed E-state index contributed by atoms with van der Waals surface area (Å²) >= 11 is 12.0. The van der Waals surface area contributed by atoms with E-state index in [-0.39, 0.29) is 30.0 Å². The number of guanidine groups is 1. The molecule has 11 heteroatoms. The number of nitrogens with zero attached hydrogens (tertiary/aromatic N) is 3. The van der Waals surface area contributed by atoms with Crippen LogP contribution in [0, 0.1) is 0 Å². The molecule has 0 aromatic carbocycles. The second-order valence-electron chi connectivity index (χ2n) is 5.74. The lowest BCUT2D eigenvalue weighted by molar-refractivity contribution is -0.143. The zero-order chi connectivity index (χ0) is 17.9. The monoisotopic (exact) mass is 513 g/mol. The summed E-state index contributed by atoms with van der Waals surface area (Å²) in [5, 5.41) is 7.19. The van der Waals surface area contributed by atoms with Gasteiger partial charge in [0, 0.05) is 38.9 Å². The molecule has 1 aromatic heterocycles. The van der Waals surface area contributed by atoms with Crippen molar-refractivity contribution >= 4 is 53.1 Å². The molecule has 1 saturated heterocycles. The fourth-order valence-corrected chi connectivity index (χ4v) is 3.08. The van der Waals surface area contributed by atoms with Crippen molar-refractivity contribution in [3.63, 3.8) is 0 Å². The van der Waals surface area contributed by atoms with Crippen molar-refractivity contribution in [3.05, 3.63) is 21.9 Å². The van der Waals surface area contributed by atoms with E-state index in [9.17, 15) is 13.2 Å². The van der Waals surface area contributed by atoms with Crippen LogP contribution in [0.4, 0.5) is 13.2 Å². The summed E-state index contributed by atoms with van der Waals surface area (Å²) in [5.41, 5.74) is 0.873. The van der Waals surface area contributed by atoms with Gasteiger partial charge in [0.05, 0.1) is 18.1 Å². The molecule has 2 rings (SSSR count). The lowest BCUT2D eigenvalue weighted by atomic mass is 10.3. The highest BCUT2D eigenvalue weighted by molar-refractivity contribution is 14.0. The number of rotatable bonds is 4. The molecule has 0 spiro atoms. The number of aromatic nitrogens is 1. The predicted octanol–water partition coefficient (Wildman–Crippen LogP) is 3.25. The molecule has 1 aliphatic heterocycles. The van der Waals surface area contributed by atoms with Crippen LogP contribution in [0.1, 0.15) is 12.1 Å². The summed E-state index contributed by atoms with van der Waals surface area (Å²) in [7, 11) is 3.41. The van der Waals surface area contributed by atoms with Crippen molar-refractivity contribution in [1.29, 1.82) is 0 Å². The number of hydrogen-bond donors (Lipinski definition) is 2. The van der Waals surface area contributed by atoms with Gasteiger partial charge < -0.3 is 15.2 Å². The molecular weight excluding hydrogens is 493 g/mol. The second-order valence-corrected chi connectivity index (χ2v) is 6.50. The lowest BCUT2D eigenvalue weighted by Crippen LogP contribution is -2.45. The van der Waals surface area contributed by atoms with Crippen LogP contribution < -0.4 is 10.6 Å². The highest BCUT2D eigenvalue weighted by atomic mass is 127. The Hall–Kier alpha value is -0.390. The lowest BCUT2D eigenvalue weighted by Gasteiger charge is -2.20. The van der Waals surface area contributed by atoms with Crippen LogP contribution in [0.25, 0.3) is 0 Å². The van der Waals surface area contributed by atoms with Gasteiger partial charge in [0.2, 0.25) is 0 Å². The standard InChI is InChI=1S/C14H20Cl2F3N5.HI/c1-20-13(21-6-10-5-11(15)12(16)23(10)2)22-9-3-4-24(7-9)8-14(17,18)19;/h5,9H,3-4,6-8H2,1-2H3,(H2,20,21,22);1H. The van der Waals surface area contributed by atoms with Gasteiger partial charge in [0.15, 0.2) is 5.96 Å². The Morgan fingerprint density at radius 1 is 1.40 bits per heavy atom. The first kappa shape index (κ1) is 22.7. The Labute approximate surface area is 171 Å². The first-order valence-electron chi connectivity index (χ1n) is 7.45. The number of likely N-dealkylation sites (tertiary alicyclic amines) is 1. The Kier molecular flexibility index (Phi) is 8.62. The molecule has 1 aromatic rings. The maximum atomic E-state index is 12.4. The minimum Gasteiger partial charge on any atom is -0.352 e. The van der Waals surface area contributed by atoms with Gasteiger partial charge in [-0.15, -0.1) is 24.0 Å². The number of nitrogens with one attached hydrogen (secondary N) is 2. The number of hydrogen-bond acceptors (Lipinski definition) is 2. The van der Waals surface area contributed by atoms with E-state index in [1.165, 1.54) is 4.90 Å². The summed E-state index contributed by atoms with van der Waals surface area (Å²) in [4.78, 5) is 5.49. The summed E-state index contributed by atoms with van der Waals surface area (Å²) in [6.45, 7) is 0.318. The summed E-state index contributed by atoms with van der Waals surface area (Å²) in [5.74, 6) is 0.530. The fourth-order valence-electron chi connectivity index (χ4n) is 2.67. The van der Waals surface area contributed by atoms with Crippen LogP contribution in [-0.4, -0.2) is 54.3 Å². The first-order valence-corrected chi connectivity index (χ1v) is 8.21. The average molecular weight is 514 g/mol. The number of aliphatic imine (C=N–C) groups is 1. The maximum Gasteiger partial charge on any atom is 0.401 e. The highest BCUT2D eigenvalue weighted by Crippen LogP contribution is 2.25. The van der Waals surface area contributed by atoms with Gasteiger partial charge >= 0.3 is 6.18 Å². The molecule has 144 valence electrons. The van der Waals surface area contributed by atoms with Crippen molar-refractivity contribution in [2.75, 3.05) is 26.7 Å². The van der Waals surface area contributed by atoms with E-state index in [0.717, 1.165) is 5.69 Å². The molecule has 1 fully saturated rings. The molecule has 0 bridgehead atoms. The van der Waals surface area contributed by atoms with Gasteiger partial charge in [-0.1, -0.05) is 23.2 Å². The summed E-state index contributed by atoms with van der Waals surface area (Å²) in [6.07, 6.45) is -3.53. The van der Waals surface area contributed by atoms with E-state index in [0.29, 0.717) is 42.2 Å². The van der Waals surface area contributed by atoms with Crippen LogP contribution >= 0.6 is 47.2 Å². The molecule has 1 unspecified atom stereocenters. The topological polar surface area (TPSA) is 44.6 Å².